The molecule has 0 aromatic heterocycles. The average Bonchev–Trinajstić information content (AvgIpc) is 2.44. The Kier molecular flexibility index (Phi) is 5.43. The Bertz CT molecular complexity index is 823. The molecule has 2 aromatic rings. The van der Waals surface area contributed by atoms with E-state index in [4.69, 9.17) is 23.2 Å². The molecular formula is C15H14BrCl2NO2S. The Morgan fingerprint density at radius 1 is 1.18 bits per heavy atom. The maximum absolute atomic E-state index is 12.7. The van der Waals surface area contributed by atoms with Crippen molar-refractivity contribution in [3.8, 4) is 0 Å². The zero-order valence-electron chi connectivity index (χ0n) is 12.0. The topological polar surface area (TPSA) is 46.2 Å². The van der Waals surface area contributed by atoms with Crippen LogP contribution < -0.4 is 4.72 Å². The molecule has 3 nitrogen and oxygen atoms in total. The van der Waals surface area contributed by atoms with E-state index in [-0.39, 0.29) is 14.9 Å². The molecule has 0 saturated carbocycles. The highest BCUT2D eigenvalue weighted by atomic mass is 79.9. The summed E-state index contributed by atoms with van der Waals surface area (Å²) in [6, 6.07) is 8.47. The monoisotopic (exact) mass is 421 g/mol. The van der Waals surface area contributed by atoms with Crippen LogP contribution in [0.2, 0.25) is 10.0 Å². The number of anilines is 1. The molecule has 0 aliphatic rings. The fourth-order valence-corrected chi connectivity index (χ4v) is 4.83. The second kappa shape index (κ2) is 6.79. The fourth-order valence-electron chi connectivity index (χ4n) is 2.07. The first-order valence-electron chi connectivity index (χ1n) is 6.52. The SMILES string of the molecule is CCc1cccc(C)c1NS(=O)(=O)c1cc(Cl)c(Cl)cc1Br. The van der Waals surface area contributed by atoms with Gasteiger partial charge >= 0.3 is 0 Å². The van der Waals surface area contributed by atoms with Crippen molar-refractivity contribution in [1.29, 1.82) is 0 Å². The van der Waals surface area contributed by atoms with Gasteiger partial charge in [-0.25, -0.2) is 8.42 Å². The smallest absolute Gasteiger partial charge is 0.263 e. The minimum Gasteiger partial charge on any atom is -0.279 e. The molecule has 0 spiro atoms. The maximum atomic E-state index is 12.7. The Hall–Kier alpha value is -0.750. The van der Waals surface area contributed by atoms with Gasteiger partial charge in [-0.15, -0.1) is 0 Å². The molecule has 0 unspecified atom stereocenters. The van der Waals surface area contributed by atoms with Crippen LogP contribution in [0, 0.1) is 6.92 Å². The van der Waals surface area contributed by atoms with Gasteiger partial charge in [-0.05, 0) is 52.5 Å². The molecule has 0 radical (unpaired) electrons. The summed E-state index contributed by atoms with van der Waals surface area (Å²) in [6.45, 7) is 3.84. The first-order valence-corrected chi connectivity index (χ1v) is 9.55. The molecule has 0 heterocycles. The van der Waals surface area contributed by atoms with Crippen LogP contribution in [0.15, 0.2) is 39.7 Å². The van der Waals surface area contributed by atoms with Crippen LogP contribution in [0.4, 0.5) is 5.69 Å². The van der Waals surface area contributed by atoms with Crippen LogP contribution in [-0.2, 0) is 16.4 Å². The summed E-state index contributed by atoms with van der Waals surface area (Å²) < 4.78 is 28.3. The first kappa shape index (κ1) is 17.6. The third-order valence-corrected chi connectivity index (χ3v) is 6.27. The van der Waals surface area contributed by atoms with Crippen LogP contribution in [0.25, 0.3) is 0 Å². The minimum absolute atomic E-state index is 0.0483. The zero-order chi connectivity index (χ0) is 16.5. The van der Waals surface area contributed by atoms with Gasteiger partial charge in [0.15, 0.2) is 0 Å². The summed E-state index contributed by atoms with van der Waals surface area (Å²) >= 11 is 15.1. The lowest BCUT2D eigenvalue weighted by Crippen LogP contribution is -2.15. The average molecular weight is 423 g/mol. The van der Waals surface area contributed by atoms with Crippen molar-refractivity contribution in [2.24, 2.45) is 0 Å². The van der Waals surface area contributed by atoms with Crippen LogP contribution in [0.1, 0.15) is 18.1 Å². The molecule has 0 atom stereocenters. The minimum atomic E-state index is -3.78. The van der Waals surface area contributed by atoms with Gasteiger partial charge in [-0.1, -0.05) is 48.3 Å². The lowest BCUT2D eigenvalue weighted by molar-refractivity contribution is 0.600. The summed E-state index contributed by atoms with van der Waals surface area (Å²) in [5.41, 5.74) is 2.39. The van der Waals surface area contributed by atoms with Gasteiger partial charge in [0.05, 0.1) is 15.7 Å². The van der Waals surface area contributed by atoms with Gasteiger partial charge in [-0.2, -0.15) is 0 Å². The number of rotatable bonds is 4. The molecule has 0 aliphatic heterocycles. The van der Waals surface area contributed by atoms with Crippen molar-refractivity contribution >= 4 is 54.8 Å². The summed E-state index contributed by atoms with van der Waals surface area (Å²) in [7, 11) is -3.78. The zero-order valence-corrected chi connectivity index (χ0v) is 15.9. The Balaban J connectivity index is 2.52. The molecule has 7 heteroatoms. The van der Waals surface area contributed by atoms with E-state index in [0.29, 0.717) is 10.2 Å². The van der Waals surface area contributed by atoms with Gasteiger partial charge in [0.25, 0.3) is 10.0 Å². The van der Waals surface area contributed by atoms with E-state index in [9.17, 15) is 8.42 Å². The highest BCUT2D eigenvalue weighted by Gasteiger charge is 2.21. The number of benzene rings is 2. The first-order chi connectivity index (χ1) is 10.3. The number of nitrogens with one attached hydrogen (secondary N) is 1. The highest BCUT2D eigenvalue weighted by molar-refractivity contribution is 9.10. The number of hydrogen-bond donors (Lipinski definition) is 1. The van der Waals surface area contributed by atoms with E-state index in [0.717, 1.165) is 17.5 Å². The molecule has 0 fully saturated rings. The van der Waals surface area contributed by atoms with Gasteiger partial charge in [0.2, 0.25) is 0 Å². The molecule has 1 N–H and O–H groups in total. The van der Waals surface area contributed by atoms with Crippen molar-refractivity contribution in [3.63, 3.8) is 0 Å². The van der Waals surface area contributed by atoms with Crippen molar-refractivity contribution in [2.75, 3.05) is 4.72 Å². The van der Waals surface area contributed by atoms with Crippen LogP contribution >= 0.6 is 39.1 Å². The predicted octanol–water partition coefficient (Wildman–Crippen LogP) is 5.43. The Morgan fingerprint density at radius 3 is 2.45 bits per heavy atom. The summed E-state index contributed by atoms with van der Waals surface area (Å²) in [6.07, 6.45) is 0.724. The Labute approximate surface area is 148 Å². The molecule has 0 aliphatic carbocycles. The molecule has 0 amide bonds. The van der Waals surface area contributed by atoms with E-state index in [1.165, 1.54) is 12.1 Å². The maximum Gasteiger partial charge on any atom is 0.263 e. The van der Waals surface area contributed by atoms with Gasteiger partial charge < -0.3 is 0 Å². The molecular weight excluding hydrogens is 409 g/mol. The molecule has 0 saturated heterocycles. The standard InChI is InChI=1S/C15H14BrCl2NO2S/c1-3-10-6-4-5-9(2)15(10)19-22(20,21)14-8-13(18)12(17)7-11(14)16/h4-8,19H,3H2,1-2H3. The lowest BCUT2D eigenvalue weighted by atomic mass is 10.1. The van der Waals surface area contributed by atoms with E-state index in [1.54, 1.807) is 0 Å². The number of hydrogen-bond acceptors (Lipinski definition) is 2. The van der Waals surface area contributed by atoms with Crippen LogP contribution in [0.3, 0.4) is 0 Å². The van der Waals surface area contributed by atoms with Gasteiger partial charge in [-0.3, -0.25) is 4.72 Å². The number of aryl methyl sites for hydroxylation is 2. The summed E-state index contributed by atoms with van der Waals surface area (Å²) in [5, 5.41) is 0.475. The molecule has 2 rings (SSSR count). The highest BCUT2D eigenvalue weighted by Crippen LogP contribution is 2.33. The van der Waals surface area contributed by atoms with Crippen molar-refractivity contribution < 1.29 is 8.42 Å². The van der Waals surface area contributed by atoms with Crippen LogP contribution in [0.5, 0.6) is 0 Å². The van der Waals surface area contributed by atoms with E-state index in [1.807, 2.05) is 32.0 Å². The van der Waals surface area contributed by atoms with Gasteiger partial charge in [0, 0.05) is 4.47 Å². The second-order valence-corrected chi connectivity index (χ2v) is 8.08. The molecule has 0 bridgehead atoms. The molecule has 22 heavy (non-hydrogen) atoms. The third kappa shape index (κ3) is 3.59. The number of sulfonamides is 1. The largest absolute Gasteiger partial charge is 0.279 e. The number of halogens is 3. The molecule has 118 valence electrons. The van der Waals surface area contributed by atoms with Gasteiger partial charge in [0.1, 0.15) is 4.90 Å². The summed E-state index contributed by atoms with van der Waals surface area (Å²) in [5.74, 6) is 0. The van der Waals surface area contributed by atoms with E-state index >= 15 is 0 Å². The van der Waals surface area contributed by atoms with Crippen molar-refractivity contribution in [3.05, 3.63) is 56.0 Å². The number of para-hydroxylation sites is 1. The van der Waals surface area contributed by atoms with Crippen molar-refractivity contribution in [1.82, 2.24) is 0 Å². The fraction of sp³-hybridized carbons (Fsp3) is 0.200. The van der Waals surface area contributed by atoms with Crippen molar-refractivity contribution in [2.45, 2.75) is 25.2 Å². The van der Waals surface area contributed by atoms with E-state index < -0.39 is 10.0 Å². The summed E-state index contributed by atoms with van der Waals surface area (Å²) in [4.78, 5) is 0.0483. The second-order valence-electron chi connectivity index (χ2n) is 4.76. The third-order valence-electron chi connectivity index (χ3n) is 3.24. The lowest BCUT2D eigenvalue weighted by Gasteiger charge is -2.15. The molecule has 2 aromatic carbocycles. The quantitative estimate of drug-likeness (QED) is 0.667. The van der Waals surface area contributed by atoms with E-state index in [2.05, 4.69) is 20.7 Å². The Morgan fingerprint density at radius 2 is 1.82 bits per heavy atom. The predicted molar refractivity (Wildman–Crippen MR) is 95.5 cm³/mol. The normalized spacial score (nSPS) is 11.5. The van der Waals surface area contributed by atoms with Crippen LogP contribution in [-0.4, -0.2) is 8.42 Å².